The normalized spacial score (nSPS) is 24.9. The molecule has 252 valence electrons. The fourth-order valence-electron chi connectivity index (χ4n) is 7.52. The smallest absolute Gasteiger partial charge is 0.303 e. The van der Waals surface area contributed by atoms with Gasteiger partial charge in [-0.2, -0.15) is 0 Å². The lowest BCUT2D eigenvalue weighted by Gasteiger charge is -2.47. The Bertz CT molecular complexity index is 1810. The van der Waals surface area contributed by atoms with E-state index >= 15 is 0 Å². The first-order chi connectivity index (χ1) is 22.0. The maximum atomic E-state index is 14.3. The molecule has 5 atom stereocenters. The number of aliphatic hydroxyl groups is 1. The van der Waals surface area contributed by atoms with Gasteiger partial charge in [0.25, 0.3) is 17.7 Å². The first-order valence-corrected chi connectivity index (χ1v) is 15.3. The third kappa shape index (κ3) is 4.87. The number of carbonyl (C=O) groups is 5. The van der Waals surface area contributed by atoms with Crippen LogP contribution in [0.2, 0.25) is 0 Å². The molecule has 0 bridgehead atoms. The van der Waals surface area contributed by atoms with Crippen LogP contribution in [-0.4, -0.2) is 79.8 Å². The van der Waals surface area contributed by atoms with Gasteiger partial charge in [0.1, 0.15) is 12.2 Å². The number of hydrogen-bond acceptors (Lipinski definition) is 7. The van der Waals surface area contributed by atoms with E-state index in [1.165, 1.54) is 9.80 Å². The molecule has 0 spiro atoms. The van der Waals surface area contributed by atoms with Crippen molar-refractivity contribution < 1.29 is 45.1 Å². The summed E-state index contributed by atoms with van der Waals surface area (Å²) in [7, 11) is 0. The topological polar surface area (TPSA) is 223 Å². The Morgan fingerprint density at radius 2 is 1.48 bits per heavy atom. The zero-order valence-electron chi connectivity index (χ0n) is 26.2. The zero-order chi connectivity index (χ0) is 32.5. The van der Waals surface area contributed by atoms with Crippen molar-refractivity contribution in [2.75, 3.05) is 15.1 Å². The van der Waals surface area contributed by atoms with Crippen LogP contribution in [0, 0.1) is 5.92 Å². The predicted octanol–water partition coefficient (Wildman–Crippen LogP) is 1.45. The zero-order valence-corrected chi connectivity index (χ0v) is 26.2. The SMILES string of the molecule is CC(C)CC1C(=O)N2c3ccccc3C(C3NC(=O)c4ccccc4N4C(=O)c5ccccc5NC34)C2(O)N1C(=O)CCC(=O)O.O.O. The molecule has 1 fully saturated rings. The highest BCUT2D eigenvalue weighted by Gasteiger charge is 2.69. The fraction of sp³-hybridized carbons (Fsp3) is 0.324. The molecule has 3 aromatic carbocycles. The summed E-state index contributed by atoms with van der Waals surface area (Å²) < 4.78 is 0. The van der Waals surface area contributed by atoms with Crippen LogP contribution in [0.5, 0.6) is 0 Å². The maximum Gasteiger partial charge on any atom is 0.303 e. The molecule has 0 aliphatic carbocycles. The van der Waals surface area contributed by atoms with Gasteiger partial charge in [-0.3, -0.25) is 38.7 Å². The Morgan fingerprint density at radius 1 is 0.854 bits per heavy atom. The number of anilines is 3. The number of nitrogens with zero attached hydrogens (tertiary/aromatic N) is 3. The van der Waals surface area contributed by atoms with E-state index in [0.29, 0.717) is 28.2 Å². The summed E-state index contributed by atoms with van der Waals surface area (Å²) in [6, 6.07) is 18.4. The van der Waals surface area contributed by atoms with Crippen LogP contribution in [-0.2, 0) is 14.4 Å². The molecule has 4 heterocycles. The van der Waals surface area contributed by atoms with Crippen molar-refractivity contribution in [2.24, 2.45) is 5.92 Å². The van der Waals surface area contributed by atoms with Crippen molar-refractivity contribution in [3.05, 3.63) is 89.5 Å². The van der Waals surface area contributed by atoms with Crippen LogP contribution in [0.15, 0.2) is 72.8 Å². The minimum atomic E-state index is -2.34. The first kappa shape index (κ1) is 34.0. The van der Waals surface area contributed by atoms with Gasteiger partial charge >= 0.3 is 5.97 Å². The van der Waals surface area contributed by atoms with Crippen LogP contribution in [0.3, 0.4) is 0 Å². The number of aliphatic carboxylic acids is 1. The highest BCUT2D eigenvalue weighted by Crippen LogP contribution is 2.56. The lowest BCUT2D eigenvalue weighted by atomic mass is 9.84. The molecule has 14 heteroatoms. The number of carboxylic acids is 1. The van der Waals surface area contributed by atoms with Crippen molar-refractivity contribution in [2.45, 2.75) is 63.1 Å². The molecule has 0 saturated carbocycles. The number of nitrogens with one attached hydrogen (secondary N) is 2. The van der Waals surface area contributed by atoms with E-state index in [4.69, 9.17) is 0 Å². The molecule has 1 saturated heterocycles. The predicted molar refractivity (Wildman–Crippen MR) is 174 cm³/mol. The number of carbonyl (C=O) groups excluding carboxylic acids is 4. The summed E-state index contributed by atoms with van der Waals surface area (Å²) in [5, 5.41) is 28.9. The summed E-state index contributed by atoms with van der Waals surface area (Å²) in [6.07, 6.45) is -1.69. The largest absolute Gasteiger partial charge is 0.481 e. The molecular formula is C34H37N5O9. The van der Waals surface area contributed by atoms with Crippen LogP contribution in [0.25, 0.3) is 0 Å². The summed E-state index contributed by atoms with van der Waals surface area (Å²) >= 11 is 0. The van der Waals surface area contributed by atoms with Crippen molar-refractivity contribution >= 4 is 46.7 Å². The molecule has 4 amide bonds. The van der Waals surface area contributed by atoms with Crippen LogP contribution >= 0.6 is 0 Å². The molecule has 4 aliphatic rings. The fourth-order valence-corrected chi connectivity index (χ4v) is 7.52. The van der Waals surface area contributed by atoms with Crippen molar-refractivity contribution in [1.29, 1.82) is 0 Å². The Labute approximate surface area is 275 Å². The van der Waals surface area contributed by atoms with E-state index in [0.717, 1.165) is 4.90 Å². The van der Waals surface area contributed by atoms with Crippen LogP contribution in [0.1, 0.15) is 65.3 Å². The van der Waals surface area contributed by atoms with Gasteiger partial charge in [-0.15, -0.1) is 0 Å². The molecule has 14 nitrogen and oxygen atoms in total. The number of carboxylic acid groups (broad SMARTS) is 1. The Morgan fingerprint density at radius 3 is 2.17 bits per heavy atom. The molecule has 3 aromatic rings. The summed E-state index contributed by atoms with van der Waals surface area (Å²) in [5.41, 5.74) is 2.39. The second kappa shape index (κ2) is 12.4. The lowest BCUT2D eigenvalue weighted by Crippen LogP contribution is -2.67. The van der Waals surface area contributed by atoms with Gasteiger partial charge in [0, 0.05) is 12.1 Å². The third-order valence-corrected chi connectivity index (χ3v) is 9.31. The van der Waals surface area contributed by atoms with Crippen LogP contribution in [0.4, 0.5) is 17.1 Å². The van der Waals surface area contributed by atoms with Gasteiger partial charge < -0.3 is 31.8 Å². The number of benzene rings is 3. The van der Waals surface area contributed by atoms with Crippen LogP contribution < -0.4 is 20.4 Å². The summed E-state index contributed by atoms with van der Waals surface area (Å²) in [4.78, 5) is 71.8. The monoisotopic (exact) mass is 659 g/mol. The molecule has 4 aliphatic heterocycles. The molecule has 7 rings (SSSR count). The molecular weight excluding hydrogens is 622 g/mol. The molecule has 48 heavy (non-hydrogen) atoms. The minimum Gasteiger partial charge on any atom is -0.481 e. The first-order valence-electron chi connectivity index (χ1n) is 15.3. The van der Waals surface area contributed by atoms with Gasteiger partial charge in [0.2, 0.25) is 11.8 Å². The van der Waals surface area contributed by atoms with E-state index in [-0.39, 0.29) is 34.8 Å². The second-order valence-corrected chi connectivity index (χ2v) is 12.5. The third-order valence-electron chi connectivity index (χ3n) is 9.31. The van der Waals surface area contributed by atoms with Crippen molar-refractivity contribution in [1.82, 2.24) is 10.2 Å². The quantitative estimate of drug-likeness (QED) is 0.302. The molecule has 0 aromatic heterocycles. The van der Waals surface area contributed by atoms with E-state index in [2.05, 4.69) is 10.6 Å². The van der Waals surface area contributed by atoms with Gasteiger partial charge in [-0.25, -0.2) is 0 Å². The Kier molecular flexibility index (Phi) is 8.77. The van der Waals surface area contributed by atoms with Crippen molar-refractivity contribution in [3.8, 4) is 0 Å². The number of hydrogen-bond donors (Lipinski definition) is 4. The minimum absolute atomic E-state index is 0. The van der Waals surface area contributed by atoms with E-state index in [1.807, 2.05) is 13.8 Å². The average molecular weight is 660 g/mol. The Balaban J connectivity index is 0.00000225. The van der Waals surface area contributed by atoms with E-state index < -0.39 is 66.5 Å². The van der Waals surface area contributed by atoms with Crippen molar-refractivity contribution in [3.63, 3.8) is 0 Å². The molecule has 8 N–H and O–H groups in total. The maximum absolute atomic E-state index is 14.3. The molecule has 0 radical (unpaired) electrons. The van der Waals surface area contributed by atoms with Gasteiger partial charge in [0.15, 0.2) is 0 Å². The number of amides is 4. The van der Waals surface area contributed by atoms with E-state index in [1.54, 1.807) is 72.8 Å². The second-order valence-electron chi connectivity index (χ2n) is 12.5. The van der Waals surface area contributed by atoms with Gasteiger partial charge in [-0.05, 0) is 48.2 Å². The highest BCUT2D eigenvalue weighted by atomic mass is 16.4. The summed E-state index contributed by atoms with van der Waals surface area (Å²) in [5.74, 6) is -6.82. The number of para-hydroxylation sites is 3. The highest BCUT2D eigenvalue weighted by molar-refractivity contribution is 6.16. The Hall–Kier alpha value is -5.31. The van der Waals surface area contributed by atoms with Gasteiger partial charge in [-0.1, -0.05) is 56.3 Å². The lowest BCUT2D eigenvalue weighted by molar-refractivity contribution is -0.163. The number of rotatable bonds is 6. The van der Waals surface area contributed by atoms with E-state index in [9.17, 15) is 34.2 Å². The molecule has 5 unspecified atom stereocenters. The number of fused-ring (bicyclic) bond motifs is 7. The standard InChI is InChI=1S/C34H33N5O7.2H2O/c1-18(2)17-25-33(45)39-24-14-8-4-10-20(24)28(34(39,46)38(25)26(40)15-16-27(41)42)29-30-35-22-12-6-3-9-19(22)32(44)37(30)23-13-7-5-11-21(23)31(43)36-29;;/h3-14,18,25,28-30,35,46H,15-17H2,1-2H3,(H,36,43)(H,41,42);2*1H2. The average Bonchev–Trinajstić information content (AvgIpc) is 3.36. The van der Waals surface area contributed by atoms with Gasteiger partial charge in [0.05, 0.1) is 40.9 Å². The summed E-state index contributed by atoms with van der Waals surface area (Å²) in [6.45, 7) is 3.78.